The number of carbonyl (C=O) groups excluding carboxylic acids is 1. The average molecular weight is 282 g/mol. The highest BCUT2D eigenvalue weighted by Crippen LogP contribution is 2.19. The average Bonchev–Trinajstić information content (AvgIpc) is 2.34. The van der Waals surface area contributed by atoms with Gasteiger partial charge >= 0.3 is 5.97 Å². The Kier molecular flexibility index (Phi) is 8.35. The standard InChI is InChI=1S/C15H26O3Si/c1-7-13(2)14(18-19(4,5)6)11-9-8-10-12-15(16)17-3/h7,10,12,14H,1-2,8-9,11H2,3-6H3/b12-10+. The summed E-state index contributed by atoms with van der Waals surface area (Å²) in [5, 5.41) is 0. The third kappa shape index (κ3) is 9.45. The molecule has 19 heavy (non-hydrogen) atoms. The minimum Gasteiger partial charge on any atom is -0.466 e. The Labute approximate surface area is 118 Å². The molecule has 0 aliphatic heterocycles. The molecule has 0 aliphatic carbocycles. The Hall–Kier alpha value is -1.13. The first-order valence-electron chi connectivity index (χ1n) is 6.53. The Balaban J connectivity index is 4.21. The van der Waals surface area contributed by atoms with Gasteiger partial charge in [0, 0.05) is 6.08 Å². The van der Waals surface area contributed by atoms with E-state index < -0.39 is 8.32 Å². The number of hydrogen-bond donors (Lipinski definition) is 0. The Morgan fingerprint density at radius 2 is 2.00 bits per heavy atom. The summed E-state index contributed by atoms with van der Waals surface area (Å²) < 4.78 is 10.6. The highest BCUT2D eigenvalue weighted by Gasteiger charge is 2.21. The number of ether oxygens (including phenoxy) is 1. The normalized spacial score (nSPS) is 13.3. The lowest BCUT2D eigenvalue weighted by Gasteiger charge is -2.27. The van der Waals surface area contributed by atoms with Crippen molar-refractivity contribution in [1.82, 2.24) is 0 Å². The minimum absolute atomic E-state index is 0.0377. The summed E-state index contributed by atoms with van der Waals surface area (Å²) >= 11 is 0. The quantitative estimate of drug-likeness (QED) is 0.212. The van der Waals surface area contributed by atoms with Crippen molar-refractivity contribution in [3.05, 3.63) is 37.0 Å². The lowest BCUT2D eigenvalue weighted by molar-refractivity contribution is -0.134. The third-order valence-corrected chi connectivity index (χ3v) is 3.46. The summed E-state index contributed by atoms with van der Waals surface area (Å²) in [6.45, 7) is 14.2. The largest absolute Gasteiger partial charge is 0.466 e. The van der Waals surface area contributed by atoms with Gasteiger partial charge in [0.25, 0.3) is 0 Å². The van der Waals surface area contributed by atoms with Gasteiger partial charge in [-0.2, -0.15) is 0 Å². The predicted molar refractivity (Wildman–Crippen MR) is 82.6 cm³/mol. The molecule has 0 saturated heterocycles. The van der Waals surface area contributed by atoms with Crippen LogP contribution in [-0.2, 0) is 14.0 Å². The van der Waals surface area contributed by atoms with Gasteiger partial charge in [0.15, 0.2) is 8.32 Å². The molecule has 0 N–H and O–H groups in total. The molecule has 3 nitrogen and oxygen atoms in total. The summed E-state index contributed by atoms with van der Waals surface area (Å²) in [4.78, 5) is 10.9. The van der Waals surface area contributed by atoms with E-state index in [0.717, 1.165) is 24.8 Å². The van der Waals surface area contributed by atoms with Gasteiger partial charge in [-0.05, 0) is 44.5 Å². The smallest absolute Gasteiger partial charge is 0.330 e. The van der Waals surface area contributed by atoms with Gasteiger partial charge in [-0.1, -0.05) is 25.3 Å². The molecule has 0 aromatic rings. The van der Waals surface area contributed by atoms with E-state index in [4.69, 9.17) is 4.43 Å². The predicted octanol–water partition coefficient (Wildman–Crippen LogP) is 3.85. The second-order valence-electron chi connectivity index (χ2n) is 5.35. The van der Waals surface area contributed by atoms with E-state index in [-0.39, 0.29) is 12.1 Å². The molecule has 0 aromatic heterocycles. The maximum atomic E-state index is 10.9. The molecule has 0 heterocycles. The first-order chi connectivity index (χ1) is 8.80. The molecule has 0 amide bonds. The van der Waals surface area contributed by atoms with Crippen LogP contribution in [0.3, 0.4) is 0 Å². The van der Waals surface area contributed by atoms with Crippen LogP contribution >= 0.6 is 0 Å². The van der Waals surface area contributed by atoms with Crippen molar-refractivity contribution in [3.8, 4) is 0 Å². The van der Waals surface area contributed by atoms with Crippen LogP contribution in [0.5, 0.6) is 0 Å². The van der Waals surface area contributed by atoms with Gasteiger partial charge in [-0.15, -0.1) is 0 Å². The molecule has 0 rings (SSSR count). The van der Waals surface area contributed by atoms with Crippen molar-refractivity contribution in [2.24, 2.45) is 0 Å². The molecule has 0 radical (unpaired) electrons. The van der Waals surface area contributed by atoms with E-state index in [9.17, 15) is 4.79 Å². The van der Waals surface area contributed by atoms with Crippen LogP contribution in [0.2, 0.25) is 19.6 Å². The van der Waals surface area contributed by atoms with Crippen LogP contribution in [0.25, 0.3) is 0 Å². The number of rotatable bonds is 9. The lowest BCUT2D eigenvalue weighted by Crippen LogP contribution is -2.32. The van der Waals surface area contributed by atoms with Gasteiger partial charge < -0.3 is 9.16 Å². The molecule has 4 heteroatoms. The number of allylic oxidation sites excluding steroid dienone is 1. The van der Waals surface area contributed by atoms with Crippen LogP contribution in [0, 0.1) is 0 Å². The highest BCUT2D eigenvalue weighted by molar-refractivity contribution is 6.69. The Morgan fingerprint density at radius 1 is 1.37 bits per heavy atom. The lowest BCUT2D eigenvalue weighted by atomic mass is 10.1. The fourth-order valence-electron chi connectivity index (χ4n) is 1.55. The maximum absolute atomic E-state index is 10.9. The minimum atomic E-state index is -1.59. The van der Waals surface area contributed by atoms with Crippen LogP contribution in [0.15, 0.2) is 37.0 Å². The van der Waals surface area contributed by atoms with E-state index in [1.807, 2.05) is 6.08 Å². The third-order valence-electron chi connectivity index (χ3n) is 2.46. The van der Waals surface area contributed by atoms with E-state index in [0.29, 0.717) is 0 Å². The zero-order chi connectivity index (χ0) is 14.9. The second kappa shape index (κ2) is 8.88. The van der Waals surface area contributed by atoms with E-state index in [1.165, 1.54) is 13.2 Å². The number of carbonyl (C=O) groups is 1. The van der Waals surface area contributed by atoms with Gasteiger partial charge in [0.2, 0.25) is 0 Å². The maximum Gasteiger partial charge on any atom is 0.330 e. The molecule has 1 atom stereocenters. The van der Waals surface area contributed by atoms with Crippen molar-refractivity contribution < 1.29 is 14.0 Å². The van der Waals surface area contributed by atoms with Crippen molar-refractivity contribution in [1.29, 1.82) is 0 Å². The van der Waals surface area contributed by atoms with E-state index >= 15 is 0 Å². The monoisotopic (exact) mass is 282 g/mol. The van der Waals surface area contributed by atoms with E-state index in [2.05, 4.69) is 37.5 Å². The second-order valence-corrected chi connectivity index (χ2v) is 9.81. The molecule has 0 saturated carbocycles. The van der Waals surface area contributed by atoms with Crippen molar-refractivity contribution >= 4 is 14.3 Å². The van der Waals surface area contributed by atoms with Gasteiger partial charge in [-0.25, -0.2) is 4.79 Å². The summed E-state index contributed by atoms with van der Waals surface area (Å²) in [6.07, 6.45) is 7.73. The molecule has 1 unspecified atom stereocenters. The highest BCUT2D eigenvalue weighted by atomic mass is 28.4. The van der Waals surface area contributed by atoms with Gasteiger partial charge in [0.1, 0.15) is 0 Å². The summed E-state index contributed by atoms with van der Waals surface area (Å²) in [7, 11) is -0.219. The van der Waals surface area contributed by atoms with Crippen LogP contribution in [-0.4, -0.2) is 27.5 Å². The fourth-order valence-corrected chi connectivity index (χ4v) is 2.67. The molecule has 108 valence electrons. The number of esters is 1. The molecule has 0 bridgehead atoms. The first-order valence-corrected chi connectivity index (χ1v) is 9.94. The number of methoxy groups -OCH3 is 1. The zero-order valence-corrected chi connectivity index (χ0v) is 13.6. The Bertz CT molecular complexity index is 340. The molecular weight excluding hydrogens is 256 g/mol. The molecule has 0 aromatic carbocycles. The van der Waals surface area contributed by atoms with Gasteiger partial charge in [-0.3, -0.25) is 0 Å². The SMILES string of the molecule is C=CC(=C)C(CCC/C=C/C(=O)OC)O[Si](C)(C)C. The summed E-state index contributed by atoms with van der Waals surface area (Å²) in [5.41, 5.74) is 0.930. The summed E-state index contributed by atoms with van der Waals surface area (Å²) in [5.74, 6) is -0.314. The Morgan fingerprint density at radius 3 is 2.47 bits per heavy atom. The van der Waals surface area contributed by atoms with Crippen LogP contribution < -0.4 is 0 Å². The zero-order valence-electron chi connectivity index (χ0n) is 12.6. The van der Waals surface area contributed by atoms with Crippen LogP contribution in [0.4, 0.5) is 0 Å². The van der Waals surface area contributed by atoms with E-state index in [1.54, 1.807) is 6.08 Å². The van der Waals surface area contributed by atoms with Crippen LogP contribution in [0.1, 0.15) is 19.3 Å². The molecule has 0 aliphatic rings. The number of hydrogen-bond acceptors (Lipinski definition) is 3. The van der Waals surface area contributed by atoms with Crippen molar-refractivity contribution in [2.75, 3.05) is 7.11 Å². The molecular formula is C15H26O3Si. The molecule has 0 fully saturated rings. The molecule has 0 spiro atoms. The van der Waals surface area contributed by atoms with Crippen molar-refractivity contribution in [2.45, 2.75) is 45.0 Å². The van der Waals surface area contributed by atoms with Gasteiger partial charge in [0.05, 0.1) is 13.2 Å². The first kappa shape index (κ1) is 17.9. The van der Waals surface area contributed by atoms with Crippen molar-refractivity contribution in [3.63, 3.8) is 0 Å². The summed E-state index contributed by atoms with van der Waals surface area (Å²) in [6, 6.07) is 0. The fraction of sp³-hybridized carbons (Fsp3) is 0.533. The number of unbranched alkanes of at least 4 members (excludes halogenated alkanes) is 1. The topological polar surface area (TPSA) is 35.5 Å².